The Morgan fingerprint density at radius 1 is 1.53 bits per heavy atom. The van der Waals surface area contributed by atoms with Gasteiger partial charge in [-0.25, -0.2) is 0 Å². The predicted molar refractivity (Wildman–Crippen MR) is 64.7 cm³/mol. The zero-order valence-corrected chi connectivity index (χ0v) is 10.5. The molecule has 1 aliphatic rings. The Bertz CT molecular complexity index is 353. The minimum atomic E-state index is 0.187. The standard InChI is InChI=1S/C12H16BrNO/c1-8-2-3-9(6-11(8)13)12-10(7-14)4-5-15-12/h2-3,6,10,12H,4-5,7,14H2,1H3. The average molecular weight is 270 g/mol. The summed E-state index contributed by atoms with van der Waals surface area (Å²) in [5, 5.41) is 0. The summed E-state index contributed by atoms with van der Waals surface area (Å²) in [6, 6.07) is 6.40. The normalized spacial score (nSPS) is 25.8. The molecule has 82 valence electrons. The fourth-order valence-electron chi connectivity index (χ4n) is 2.03. The number of nitrogens with two attached hydrogens (primary N) is 1. The van der Waals surface area contributed by atoms with Crippen LogP contribution in [0.3, 0.4) is 0 Å². The Labute approximate surface area is 98.9 Å². The van der Waals surface area contributed by atoms with Gasteiger partial charge in [-0.15, -0.1) is 0 Å². The van der Waals surface area contributed by atoms with Crippen molar-refractivity contribution in [3.05, 3.63) is 33.8 Å². The minimum absolute atomic E-state index is 0.187. The van der Waals surface area contributed by atoms with Crippen LogP contribution in [0.4, 0.5) is 0 Å². The lowest BCUT2D eigenvalue weighted by molar-refractivity contribution is 0.0924. The van der Waals surface area contributed by atoms with Gasteiger partial charge in [0.05, 0.1) is 6.10 Å². The Morgan fingerprint density at radius 2 is 2.33 bits per heavy atom. The van der Waals surface area contributed by atoms with E-state index in [1.54, 1.807) is 0 Å². The lowest BCUT2D eigenvalue weighted by atomic mass is 9.95. The summed E-state index contributed by atoms with van der Waals surface area (Å²) in [7, 11) is 0. The van der Waals surface area contributed by atoms with E-state index >= 15 is 0 Å². The molecule has 1 aliphatic heterocycles. The third-order valence-electron chi connectivity index (χ3n) is 3.04. The van der Waals surface area contributed by atoms with Gasteiger partial charge in [0.15, 0.2) is 0 Å². The molecule has 2 rings (SSSR count). The van der Waals surface area contributed by atoms with Crippen molar-refractivity contribution in [2.45, 2.75) is 19.4 Å². The maximum Gasteiger partial charge on any atom is 0.0866 e. The molecule has 0 aliphatic carbocycles. The minimum Gasteiger partial charge on any atom is -0.373 e. The summed E-state index contributed by atoms with van der Waals surface area (Å²) < 4.78 is 6.88. The van der Waals surface area contributed by atoms with Gasteiger partial charge in [-0.2, -0.15) is 0 Å². The van der Waals surface area contributed by atoms with E-state index in [1.165, 1.54) is 11.1 Å². The Morgan fingerprint density at radius 3 is 3.00 bits per heavy atom. The molecule has 1 aromatic rings. The van der Waals surface area contributed by atoms with E-state index in [1.807, 2.05) is 0 Å². The molecule has 2 atom stereocenters. The van der Waals surface area contributed by atoms with Crippen molar-refractivity contribution in [2.24, 2.45) is 11.7 Å². The van der Waals surface area contributed by atoms with Crippen LogP contribution >= 0.6 is 15.9 Å². The molecule has 0 bridgehead atoms. The molecular formula is C12H16BrNO. The highest BCUT2D eigenvalue weighted by molar-refractivity contribution is 9.10. The Hall–Kier alpha value is -0.380. The van der Waals surface area contributed by atoms with Crippen LogP contribution in [0.25, 0.3) is 0 Å². The fraction of sp³-hybridized carbons (Fsp3) is 0.500. The predicted octanol–water partition coefficient (Wildman–Crippen LogP) is 2.79. The topological polar surface area (TPSA) is 35.2 Å². The molecule has 0 saturated carbocycles. The molecule has 1 fully saturated rings. The highest BCUT2D eigenvalue weighted by Gasteiger charge is 2.28. The van der Waals surface area contributed by atoms with Gasteiger partial charge in [-0.3, -0.25) is 0 Å². The maximum atomic E-state index is 5.74. The van der Waals surface area contributed by atoms with Crippen molar-refractivity contribution in [1.82, 2.24) is 0 Å². The molecule has 1 aromatic carbocycles. The second kappa shape index (κ2) is 4.64. The third-order valence-corrected chi connectivity index (χ3v) is 3.90. The lowest BCUT2D eigenvalue weighted by Crippen LogP contribution is -2.17. The van der Waals surface area contributed by atoms with E-state index in [0.29, 0.717) is 12.5 Å². The monoisotopic (exact) mass is 269 g/mol. The van der Waals surface area contributed by atoms with E-state index in [2.05, 4.69) is 41.1 Å². The Balaban J connectivity index is 2.25. The first-order valence-electron chi connectivity index (χ1n) is 5.30. The van der Waals surface area contributed by atoms with Gasteiger partial charge in [-0.1, -0.05) is 28.1 Å². The van der Waals surface area contributed by atoms with Crippen LogP contribution in [-0.4, -0.2) is 13.2 Å². The first-order valence-corrected chi connectivity index (χ1v) is 6.09. The van der Waals surface area contributed by atoms with Crippen molar-refractivity contribution in [3.8, 4) is 0 Å². The summed E-state index contributed by atoms with van der Waals surface area (Å²) in [6.07, 6.45) is 1.26. The van der Waals surface area contributed by atoms with Crippen LogP contribution < -0.4 is 5.73 Å². The summed E-state index contributed by atoms with van der Waals surface area (Å²) in [5.74, 6) is 0.472. The quantitative estimate of drug-likeness (QED) is 0.896. The van der Waals surface area contributed by atoms with Gasteiger partial charge in [0.2, 0.25) is 0 Å². The molecule has 2 nitrogen and oxygen atoms in total. The first kappa shape index (κ1) is 11.1. The highest BCUT2D eigenvalue weighted by atomic mass is 79.9. The summed E-state index contributed by atoms with van der Waals surface area (Å²) >= 11 is 3.55. The van der Waals surface area contributed by atoms with Gasteiger partial charge in [0, 0.05) is 17.0 Å². The van der Waals surface area contributed by atoms with Gasteiger partial charge in [0.1, 0.15) is 0 Å². The van der Waals surface area contributed by atoms with Gasteiger partial charge < -0.3 is 10.5 Å². The molecule has 3 heteroatoms. The summed E-state index contributed by atoms with van der Waals surface area (Å²) in [6.45, 7) is 3.62. The van der Waals surface area contributed by atoms with Crippen molar-refractivity contribution in [1.29, 1.82) is 0 Å². The van der Waals surface area contributed by atoms with E-state index < -0.39 is 0 Å². The molecule has 2 unspecified atom stereocenters. The molecule has 0 radical (unpaired) electrons. The van der Waals surface area contributed by atoms with Gasteiger partial charge >= 0.3 is 0 Å². The van der Waals surface area contributed by atoms with Gasteiger partial charge in [0.25, 0.3) is 0 Å². The average Bonchev–Trinajstić information content (AvgIpc) is 2.70. The van der Waals surface area contributed by atoms with Crippen LogP contribution in [0.15, 0.2) is 22.7 Å². The third kappa shape index (κ3) is 2.25. The number of hydrogen-bond acceptors (Lipinski definition) is 2. The van der Waals surface area contributed by atoms with E-state index in [4.69, 9.17) is 10.5 Å². The molecule has 0 aromatic heterocycles. The number of rotatable bonds is 2. The summed E-state index contributed by atoms with van der Waals surface area (Å²) in [4.78, 5) is 0. The number of halogens is 1. The maximum absolute atomic E-state index is 5.74. The molecule has 0 amide bonds. The molecule has 1 heterocycles. The van der Waals surface area contributed by atoms with Crippen LogP contribution in [0, 0.1) is 12.8 Å². The molecule has 0 spiro atoms. The van der Waals surface area contributed by atoms with Crippen LogP contribution in [0.5, 0.6) is 0 Å². The Kier molecular flexibility index (Phi) is 3.44. The second-order valence-corrected chi connectivity index (χ2v) is 4.94. The van der Waals surface area contributed by atoms with Crippen molar-refractivity contribution >= 4 is 15.9 Å². The van der Waals surface area contributed by atoms with E-state index in [0.717, 1.165) is 17.5 Å². The zero-order chi connectivity index (χ0) is 10.8. The largest absolute Gasteiger partial charge is 0.373 e. The molecule has 2 N–H and O–H groups in total. The van der Waals surface area contributed by atoms with E-state index in [-0.39, 0.29) is 6.10 Å². The molecule has 1 saturated heterocycles. The fourth-order valence-corrected chi connectivity index (χ4v) is 2.43. The van der Waals surface area contributed by atoms with Crippen LogP contribution in [0.2, 0.25) is 0 Å². The molecular weight excluding hydrogens is 254 g/mol. The second-order valence-electron chi connectivity index (χ2n) is 4.08. The van der Waals surface area contributed by atoms with Crippen LogP contribution in [-0.2, 0) is 4.74 Å². The van der Waals surface area contributed by atoms with Crippen molar-refractivity contribution < 1.29 is 4.74 Å². The SMILES string of the molecule is Cc1ccc(C2OCCC2CN)cc1Br. The summed E-state index contributed by atoms with van der Waals surface area (Å²) in [5.41, 5.74) is 8.23. The van der Waals surface area contributed by atoms with Crippen molar-refractivity contribution in [2.75, 3.05) is 13.2 Å². The van der Waals surface area contributed by atoms with Gasteiger partial charge in [-0.05, 0) is 37.1 Å². The number of aryl methyl sites for hydroxylation is 1. The van der Waals surface area contributed by atoms with E-state index in [9.17, 15) is 0 Å². The first-order chi connectivity index (χ1) is 7.22. The zero-order valence-electron chi connectivity index (χ0n) is 8.87. The number of hydrogen-bond donors (Lipinski definition) is 1. The van der Waals surface area contributed by atoms with Crippen LogP contribution in [0.1, 0.15) is 23.7 Å². The smallest absolute Gasteiger partial charge is 0.0866 e. The molecule has 15 heavy (non-hydrogen) atoms. The number of ether oxygens (including phenoxy) is 1. The number of benzene rings is 1. The van der Waals surface area contributed by atoms with Crippen molar-refractivity contribution in [3.63, 3.8) is 0 Å². The lowest BCUT2D eigenvalue weighted by Gasteiger charge is -2.17. The highest BCUT2D eigenvalue weighted by Crippen LogP contribution is 2.35.